The number of hydrogen-bond acceptors (Lipinski definition) is 7. The van der Waals surface area contributed by atoms with Crippen LogP contribution in [0.5, 0.6) is 0 Å². The molecule has 0 aliphatic heterocycles. The highest BCUT2D eigenvalue weighted by Crippen LogP contribution is 2.22. The van der Waals surface area contributed by atoms with Crippen LogP contribution in [-0.2, 0) is 12.2 Å². The Kier molecular flexibility index (Phi) is 3.89. The zero-order valence-corrected chi connectivity index (χ0v) is 10.7. The van der Waals surface area contributed by atoms with Crippen molar-refractivity contribution >= 4 is 23.1 Å². The SMILES string of the molecule is CC(C)Cc1nc(CSc2nncs2)no1. The van der Waals surface area contributed by atoms with Crippen molar-refractivity contribution in [1.29, 1.82) is 0 Å². The van der Waals surface area contributed by atoms with Crippen LogP contribution in [-0.4, -0.2) is 20.3 Å². The standard InChI is InChI=1S/C9H12N4OS2/c1-6(2)3-8-11-7(13-14-8)4-15-9-12-10-5-16-9/h5-6H,3-4H2,1-2H3. The van der Waals surface area contributed by atoms with Gasteiger partial charge >= 0.3 is 0 Å². The van der Waals surface area contributed by atoms with Crippen LogP contribution in [0.15, 0.2) is 14.4 Å². The van der Waals surface area contributed by atoms with Gasteiger partial charge in [-0.25, -0.2) is 0 Å². The van der Waals surface area contributed by atoms with Crippen molar-refractivity contribution in [2.45, 2.75) is 30.4 Å². The first-order chi connectivity index (χ1) is 7.74. The molecule has 0 radical (unpaired) electrons. The highest BCUT2D eigenvalue weighted by atomic mass is 32.2. The molecule has 7 heteroatoms. The second-order valence-corrected chi connectivity index (χ2v) is 5.75. The molecule has 0 aromatic carbocycles. The van der Waals surface area contributed by atoms with E-state index in [0.717, 1.165) is 16.6 Å². The summed E-state index contributed by atoms with van der Waals surface area (Å²) in [6.07, 6.45) is 0.830. The van der Waals surface area contributed by atoms with Crippen molar-refractivity contribution in [3.05, 3.63) is 17.2 Å². The summed E-state index contributed by atoms with van der Waals surface area (Å²) in [6.45, 7) is 4.25. The van der Waals surface area contributed by atoms with E-state index < -0.39 is 0 Å². The number of thioether (sulfide) groups is 1. The molecule has 0 amide bonds. The topological polar surface area (TPSA) is 64.7 Å². The Morgan fingerprint density at radius 2 is 2.38 bits per heavy atom. The Balaban J connectivity index is 1.88. The lowest BCUT2D eigenvalue weighted by atomic mass is 10.1. The Hall–Kier alpha value is -0.950. The van der Waals surface area contributed by atoms with Crippen molar-refractivity contribution < 1.29 is 4.52 Å². The van der Waals surface area contributed by atoms with Gasteiger partial charge in [-0.2, -0.15) is 4.98 Å². The van der Waals surface area contributed by atoms with Crippen molar-refractivity contribution in [3.8, 4) is 0 Å². The molecule has 2 aromatic rings. The van der Waals surface area contributed by atoms with Crippen molar-refractivity contribution in [2.75, 3.05) is 0 Å². The van der Waals surface area contributed by atoms with Crippen LogP contribution in [0.4, 0.5) is 0 Å². The number of rotatable bonds is 5. The van der Waals surface area contributed by atoms with Crippen LogP contribution >= 0.6 is 23.1 Å². The third-order valence-corrected chi connectivity index (χ3v) is 3.61. The molecule has 0 aliphatic rings. The van der Waals surface area contributed by atoms with E-state index in [4.69, 9.17) is 4.52 Å². The molecule has 0 N–H and O–H groups in total. The van der Waals surface area contributed by atoms with Gasteiger partial charge in [0.25, 0.3) is 0 Å². The van der Waals surface area contributed by atoms with E-state index in [0.29, 0.717) is 17.6 Å². The van der Waals surface area contributed by atoms with Gasteiger partial charge in [-0.1, -0.05) is 42.1 Å². The van der Waals surface area contributed by atoms with Crippen LogP contribution in [0.2, 0.25) is 0 Å². The first-order valence-corrected chi connectivity index (χ1v) is 6.81. The van der Waals surface area contributed by atoms with Gasteiger partial charge < -0.3 is 4.52 Å². The summed E-state index contributed by atoms with van der Waals surface area (Å²) >= 11 is 3.09. The lowest BCUT2D eigenvalue weighted by Gasteiger charge is -1.95. The predicted molar refractivity (Wildman–Crippen MR) is 62.3 cm³/mol. The molecule has 0 bridgehead atoms. The average molecular weight is 256 g/mol. The fourth-order valence-corrected chi connectivity index (χ4v) is 2.46. The zero-order chi connectivity index (χ0) is 11.4. The Bertz CT molecular complexity index is 426. The van der Waals surface area contributed by atoms with E-state index in [1.54, 1.807) is 17.3 Å². The molecule has 0 aliphatic carbocycles. The summed E-state index contributed by atoms with van der Waals surface area (Å²) in [5.74, 6) is 2.64. The predicted octanol–water partition coefficient (Wildman–Crippen LogP) is 2.41. The third-order valence-electron chi connectivity index (χ3n) is 1.76. The molecule has 16 heavy (non-hydrogen) atoms. The lowest BCUT2D eigenvalue weighted by molar-refractivity contribution is 0.360. The summed E-state index contributed by atoms with van der Waals surface area (Å²) in [4.78, 5) is 4.31. The van der Waals surface area contributed by atoms with Gasteiger partial charge in [-0.15, -0.1) is 10.2 Å². The molecule has 0 unspecified atom stereocenters. The molecule has 2 aromatic heterocycles. The van der Waals surface area contributed by atoms with E-state index in [2.05, 4.69) is 34.2 Å². The summed E-state index contributed by atoms with van der Waals surface area (Å²) in [5.41, 5.74) is 1.71. The quantitative estimate of drug-likeness (QED) is 0.765. The average Bonchev–Trinajstić information content (AvgIpc) is 2.84. The molecule has 0 saturated heterocycles. The van der Waals surface area contributed by atoms with E-state index >= 15 is 0 Å². The van der Waals surface area contributed by atoms with E-state index in [1.165, 1.54) is 11.3 Å². The fourth-order valence-electron chi connectivity index (χ4n) is 1.13. The van der Waals surface area contributed by atoms with E-state index in [-0.39, 0.29) is 0 Å². The highest BCUT2D eigenvalue weighted by Gasteiger charge is 2.09. The summed E-state index contributed by atoms with van der Waals surface area (Å²) in [5, 5.41) is 11.6. The van der Waals surface area contributed by atoms with Crippen LogP contribution in [0.3, 0.4) is 0 Å². The molecule has 2 rings (SSSR count). The monoisotopic (exact) mass is 256 g/mol. The van der Waals surface area contributed by atoms with Crippen LogP contribution in [0.25, 0.3) is 0 Å². The fraction of sp³-hybridized carbons (Fsp3) is 0.556. The Morgan fingerprint density at radius 3 is 3.06 bits per heavy atom. The molecule has 0 atom stereocenters. The first kappa shape index (κ1) is 11.5. The molecule has 0 fully saturated rings. The van der Waals surface area contributed by atoms with Gasteiger partial charge in [0.05, 0.1) is 5.75 Å². The number of aromatic nitrogens is 4. The number of nitrogens with zero attached hydrogens (tertiary/aromatic N) is 4. The zero-order valence-electron chi connectivity index (χ0n) is 9.08. The Labute approximate surface area is 102 Å². The van der Waals surface area contributed by atoms with Gasteiger partial charge in [-0.05, 0) is 5.92 Å². The molecule has 86 valence electrons. The molecule has 0 saturated carbocycles. The first-order valence-electron chi connectivity index (χ1n) is 4.94. The van der Waals surface area contributed by atoms with Crippen molar-refractivity contribution in [2.24, 2.45) is 5.92 Å². The largest absolute Gasteiger partial charge is 0.339 e. The number of hydrogen-bond donors (Lipinski definition) is 0. The second-order valence-electron chi connectivity index (χ2n) is 3.70. The molecule has 2 heterocycles. The van der Waals surface area contributed by atoms with Crippen LogP contribution in [0.1, 0.15) is 25.6 Å². The van der Waals surface area contributed by atoms with Gasteiger partial charge in [0.2, 0.25) is 5.89 Å². The van der Waals surface area contributed by atoms with Gasteiger partial charge in [0.15, 0.2) is 10.2 Å². The summed E-state index contributed by atoms with van der Waals surface area (Å²) in [6, 6.07) is 0. The van der Waals surface area contributed by atoms with Crippen LogP contribution < -0.4 is 0 Å². The van der Waals surface area contributed by atoms with E-state index in [1.807, 2.05) is 0 Å². The second kappa shape index (κ2) is 5.40. The maximum absolute atomic E-state index is 5.14. The molecular weight excluding hydrogens is 244 g/mol. The summed E-state index contributed by atoms with van der Waals surface area (Å²) in [7, 11) is 0. The maximum atomic E-state index is 5.14. The maximum Gasteiger partial charge on any atom is 0.226 e. The van der Waals surface area contributed by atoms with Crippen molar-refractivity contribution in [1.82, 2.24) is 20.3 Å². The van der Waals surface area contributed by atoms with Gasteiger partial charge in [0, 0.05) is 6.42 Å². The lowest BCUT2D eigenvalue weighted by Crippen LogP contribution is -1.94. The normalized spacial score (nSPS) is 11.2. The van der Waals surface area contributed by atoms with Crippen molar-refractivity contribution in [3.63, 3.8) is 0 Å². The molecule has 5 nitrogen and oxygen atoms in total. The minimum Gasteiger partial charge on any atom is -0.339 e. The highest BCUT2D eigenvalue weighted by molar-refractivity contribution is 8.00. The van der Waals surface area contributed by atoms with Gasteiger partial charge in [0.1, 0.15) is 5.51 Å². The van der Waals surface area contributed by atoms with Gasteiger partial charge in [-0.3, -0.25) is 0 Å². The smallest absolute Gasteiger partial charge is 0.226 e. The molecular formula is C9H12N4OS2. The van der Waals surface area contributed by atoms with E-state index in [9.17, 15) is 0 Å². The minimum absolute atomic E-state index is 0.532. The Morgan fingerprint density at radius 1 is 1.50 bits per heavy atom. The molecule has 0 spiro atoms. The summed E-state index contributed by atoms with van der Waals surface area (Å²) < 4.78 is 6.06. The minimum atomic E-state index is 0.532. The third kappa shape index (κ3) is 3.28. The van der Waals surface area contributed by atoms with Crippen LogP contribution in [0, 0.1) is 5.92 Å².